The number of hydrogen-bond donors (Lipinski definition) is 1. The Kier molecular flexibility index (Phi) is 5.72. The van der Waals surface area contributed by atoms with Gasteiger partial charge in [-0.3, -0.25) is 14.8 Å². The van der Waals surface area contributed by atoms with E-state index in [9.17, 15) is 4.79 Å². The zero-order valence-corrected chi connectivity index (χ0v) is 18.0. The Morgan fingerprint density at radius 1 is 1.00 bits per heavy atom. The summed E-state index contributed by atoms with van der Waals surface area (Å²) in [6, 6.07) is 14.8. The van der Waals surface area contributed by atoms with Gasteiger partial charge in [0.05, 0.1) is 11.9 Å². The van der Waals surface area contributed by atoms with Crippen molar-refractivity contribution in [1.82, 2.24) is 15.2 Å². The second-order valence-electron chi connectivity index (χ2n) is 9.06. The summed E-state index contributed by atoms with van der Waals surface area (Å²) < 4.78 is 0. The molecule has 1 aliphatic carbocycles. The van der Waals surface area contributed by atoms with E-state index in [0.29, 0.717) is 6.04 Å². The molecule has 2 aliphatic heterocycles. The average Bonchev–Trinajstić information content (AvgIpc) is 3.07. The number of piperidine rings is 1. The number of aromatic nitrogens is 1. The molecule has 162 valence electrons. The van der Waals surface area contributed by atoms with Crippen LogP contribution in [0, 0.1) is 0 Å². The molecule has 0 atom stereocenters. The molecule has 0 unspecified atom stereocenters. The number of urea groups is 1. The SMILES string of the molecule is O=C1N=C(NC2CCCCC2)C2(CCN(Cc3ccccc3)CC2)N1c1cccnc1. The normalized spacial score (nSPS) is 22.0. The van der Waals surface area contributed by atoms with Crippen molar-refractivity contribution in [3.05, 3.63) is 60.4 Å². The predicted octanol–water partition coefficient (Wildman–Crippen LogP) is 4.38. The highest BCUT2D eigenvalue weighted by Crippen LogP contribution is 2.39. The van der Waals surface area contributed by atoms with Crippen molar-refractivity contribution in [1.29, 1.82) is 0 Å². The zero-order valence-electron chi connectivity index (χ0n) is 18.0. The van der Waals surface area contributed by atoms with Gasteiger partial charge in [-0.05, 0) is 43.4 Å². The summed E-state index contributed by atoms with van der Waals surface area (Å²) in [5.41, 5.74) is 1.78. The molecule has 6 nitrogen and oxygen atoms in total. The fraction of sp³-hybridized carbons (Fsp3) is 0.480. The summed E-state index contributed by atoms with van der Waals surface area (Å²) in [7, 11) is 0. The second kappa shape index (κ2) is 8.79. The van der Waals surface area contributed by atoms with E-state index in [0.717, 1.165) is 56.8 Å². The highest BCUT2D eigenvalue weighted by molar-refractivity contribution is 6.16. The molecule has 1 saturated heterocycles. The van der Waals surface area contributed by atoms with Crippen molar-refractivity contribution in [3.63, 3.8) is 0 Å². The van der Waals surface area contributed by atoms with Crippen molar-refractivity contribution >= 4 is 17.6 Å². The standard InChI is InChI=1S/C25H31N5O/c31-24-28-23(27-21-10-5-2-6-11-21)25(30(24)22-12-7-15-26-18-22)13-16-29(17-14-25)19-20-8-3-1-4-9-20/h1,3-4,7-9,12,15,18,21H,2,5-6,10-11,13-14,16-17,19H2,(H,27,28,31). The van der Waals surface area contributed by atoms with Crippen LogP contribution in [-0.2, 0) is 6.54 Å². The van der Waals surface area contributed by atoms with E-state index in [4.69, 9.17) is 0 Å². The largest absolute Gasteiger partial charge is 0.369 e. The third-order valence-electron chi connectivity index (χ3n) is 7.05. The molecule has 6 heteroatoms. The van der Waals surface area contributed by atoms with Crippen LogP contribution in [0.4, 0.5) is 10.5 Å². The van der Waals surface area contributed by atoms with Gasteiger partial charge in [0.2, 0.25) is 0 Å². The van der Waals surface area contributed by atoms with Gasteiger partial charge >= 0.3 is 6.03 Å². The number of aliphatic imine (C=N–C) groups is 1. The molecule has 3 heterocycles. The molecule has 1 spiro atoms. The fourth-order valence-corrected chi connectivity index (χ4v) is 5.37. The first-order valence-corrected chi connectivity index (χ1v) is 11.6. The number of benzene rings is 1. The predicted molar refractivity (Wildman–Crippen MR) is 123 cm³/mol. The zero-order chi connectivity index (χ0) is 21.1. The quantitative estimate of drug-likeness (QED) is 0.802. The van der Waals surface area contributed by atoms with Gasteiger partial charge in [-0.15, -0.1) is 0 Å². The Bertz CT molecular complexity index is 915. The minimum absolute atomic E-state index is 0.164. The van der Waals surface area contributed by atoms with Gasteiger partial charge in [0, 0.05) is 31.9 Å². The maximum Gasteiger partial charge on any atom is 0.350 e. The van der Waals surface area contributed by atoms with Gasteiger partial charge in [-0.2, -0.15) is 4.99 Å². The lowest BCUT2D eigenvalue weighted by molar-refractivity contribution is 0.181. The lowest BCUT2D eigenvalue weighted by atomic mass is 9.83. The summed E-state index contributed by atoms with van der Waals surface area (Å²) in [4.78, 5) is 26.4. The lowest BCUT2D eigenvalue weighted by Gasteiger charge is -2.45. The van der Waals surface area contributed by atoms with Crippen LogP contribution in [-0.4, -0.2) is 46.4 Å². The Hall–Kier alpha value is -2.73. The summed E-state index contributed by atoms with van der Waals surface area (Å²) in [6.07, 6.45) is 11.4. The van der Waals surface area contributed by atoms with Crippen molar-refractivity contribution in [2.24, 2.45) is 4.99 Å². The lowest BCUT2D eigenvalue weighted by Crippen LogP contribution is -2.62. The minimum Gasteiger partial charge on any atom is -0.369 e. The average molecular weight is 418 g/mol. The topological polar surface area (TPSA) is 60.8 Å². The molecule has 1 saturated carbocycles. The number of pyridine rings is 1. The van der Waals surface area contributed by atoms with E-state index in [1.165, 1.54) is 24.8 Å². The number of amides is 2. The maximum atomic E-state index is 13.1. The number of nitrogens with zero attached hydrogens (tertiary/aromatic N) is 4. The monoisotopic (exact) mass is 417 g/mol. The van der Waals surface area contributed by atoms with E-state index < -0.39 is 5.54 Å². The van der Waals surface area contributed by atoms with Gasteiger partial charge in [-0.1, -0.05) is 49.6 Å². The number of hydrogen-bond acceptors (Lipinski definition) is 4. The van der Waals surface area contributed by atoms with Crippen LogP contribution in [0.5, 0.6) is 0 Å². The van der Waals surface area contributed by atoms with Crippen molar-refractivity contribution in [2.45, 2.75) is 63.1 Å². The van der Waals surface area contributed by atoms with Crippen LogP contribution in [0.25, 0.3) is 0 Å². The summed E-state index contributed by atoms with van der Waals surface area (Å²) >= 11 is 0. The smallest absolute Gasteiger partial charge is 0.350 e. The molecule has 3 aliphatic rings. The Balaban J connectivity index is 1.38. The molecular weight excluding hydrogens is 386 g/mol. The molecular formula is C25H31N5O. The van der Waals surface area contributed by atoms with Gasteiger partial charge in [0.15, 0.2) is 0 Å². The third-order valence-corrected chi connectivity index (χ3v) is 7.05. The number of carbonyl (C=O) groups excluding carboxylic acids is 1. The third kappa shape index (κ3) is 4.09. The first kappa shape index (κ1) is 20.2. The Labute approximate surface area is 184 Å². The molecule has 2 aromatic rings. The number of amidine groups is 1. The van der Waals surface area contributed by atoms with Crippen molar-refractivity contribution in [2.75, 3.05) is 18.0 Å². The number of carbonyl (C=O) groups is 1. The van der Waals surface area contributed by atoms with E-state index in [1.807, 2.05) is 17.0 Å². The van der Waals surface area contributed by atoms with E-state index >= 15 is 0 Å². The summed E-state index contributed by atoms with van der Waals surface area (Å²) in [5.74, 6) is 0.882. The maximum absolute atomic E-state index is 13.1. The fourth-order valence-electron chi connectivity index (χ4n) is 5.37. The molecule has 1 aromatic carbocycles. The number of rotatable bonds is 4. The molecule has 1 aromatic heterocycles. The minimum atomic E-state index is -0.398. The van der Waals surface area contributed by atoms with Crippen LogP contribution in [0.1, 0.15) is 50.5 Å². The first-order valence-electron chi connectivity index (χ1n) is 11.6. The highest BCUT2D eigenvalue weighted by Gasteiger charge is 2.52. The van der Waals surface area contributed by atoms with Gasteiger partial charge in [0.1, 0.15) is 11.4 Å². The van der Waals surface area contributed by atoms with E-state index in [2.05, 4.69) is 50.5 Å². The summed E-state index contributed by atoms with van der Waals surface area (Å²) in [6.45, 7) is 2.81. The Morgan fingerprint density at radius 3 is 2.48 bits per heavy atom. The summed E-state index contributed by atoms with van der Waals surface area (Å²) in [5, 5.41) is 3.72. The molecule has 0 bridgehead atoms. The van der Waals surface area contributed by atoms with Crippen LogP contribution in [0.15, 0.2) is 59.9 Å². The van der Waals surface area contributed by atoms with Gasteiger partial charge in [0.25, 0.3) is 0 Å². The van der Waals surface area contributed by atoms with Crippen molar-refractivity contribution in [3.8, 4) is 0 Å². The van der Waals surface area contributed by atoms with E-state index in [-0.39, 0.29) is 6.03 Å². The Morgan fingerprint density at radius 2 is 1.77 bits per heavy atom. The molecule has 2 amide bonds. The molecule has 5 rings (SSSR count). The molecule has 1 N–H and O–H groups in total. The van der Waals surface area contributed by atoms with Crippen molar-refractivity contribution < 1.29 is 4.79 Å². The van der Waals surface area contributed by atoms with Crippen LogP contribution >= 0.6 is 0 Å². The van der Waals surface area contributed by atoms with Crippen LogP contribution < -0.4 is 10.2 Å². The number of anilines is 1. The molecule has 2 fully saturated rings. The highest BCUT2D eigenvalue weighted by atomic mass is 16.2. The molecule has 0 radical (unpaired) electrons. The van der Waals surface area contributed by atoms with Crippen LogP contribution in [0.2, 0.25) is 0 Å². The van der Waals surface area contributed by atoms with Gasteiger partial charge in [-0.25, -0.2) is 4.79 Å². The number of likely N-dealkylation sites (tertiary alicyclic amines) is 1. The second-order valence-corrected chi connectivity index (χ2v) is 9.06. The molecule has 31 heavy (non-hydrogen) atoms. The van der Waals surface area contributed by atoms with Crippen LogP contribution in [0.3, 0.4) is 0 Å². The number of nitrogens with one attached hydrogen (secondary N) is 1. The van der Waals surface area contributed by atoms with E-state index in [1.54, 1.807) is 12.4 Å². The first-order chi connectivity index (χ1) is 15.2. The van der Waals surface area contributed by atoms with Gasteiger partial charge < -0.3 is 5.32 Å².